The summed E-state index contributed by atoms with van der Waals surface area (Å²) in [5.74, 6) is -0.167. The average Bonchev–Trinajstić information content (AvgIpc) is 2.98. The molecule has 0 atom stereocenters. The van der Waals surface area contributed by atoms with Crippen LogP contribution in [0.15, 0.2) is 42.5 Å². The Morgan fingerprint density at radius 1 is 1.08 bits per heavy atom. The molecule has 4 nitrogen and oxygen atoms in total. The van der Waals surface area contributed by atoms with Gasteiger partial charge in [-0.25, -0.2) is 0 Å². The zero-order valence-electron chi connectivity index (χ0n) is 13.2. The van der Waals surface area contributed by atoms with Crippen LogP contribution in [-0.4, -0.2) is 10.9 Å². The molecule has 0 aliphatic heterocycles. The molecule has 0 unspecified atom stereocenters. The molecule has 1 aliphatic rings. The van der Waals surface area contributed by atoms with E-state index in [1.807, 2.05) is 24.3 Å². The zero-order chi connectivity index (χ0) is 16.5. The second-order valence-electron chi connectivity index (χ2n) is 6.11. The fourth-order valence-electron chi connectivity index (χ4n) is 3.38. The first-order chi connectivity index (χ1) is 11.7. The number of amides is 1. The molecule has 0 saturated heterocycles. The molecule has 1 aromatic heterocycles. The van der Waals surface area contributed by atoms with Crippen molar-refractivity contribution >= 4 is 34.1 Å². The minimum atomic E-state index is -0.167. The van der Waals surface area contributed by atoms with Gasteiger partial charge in [0.15, 0.2) is 0 Å². The third-order valence-electron chi connectivity index (χ3n) is 4.52. The molecule has 122 valence electrons. The summed E-state index contributed by atoms with van der Waals surface area (Å²) >= 11 is 5.96. The van der Waals surface area contributed by atoms with E-state index in [0.717, 1.165) is 24.0 Å². The first-order valence-electron chi connectivity index (χ1n) is 8.17. The van der Waals surface area contributed by atoms with Crippen LogP contribution in [0, 0.1) is 0 Å². The van der Waals surface area contributed by atoms with E-state index in [4.69, 9.17) is 11.6 Å². The summed E-state index contributed by atoms with van der Waals surface area (Å²) < 4.78 is 0. The molecule has 5 heteroatoms. The summed E-state index contributed by atoms with van der Waals surface area (Å²) in [6.07, 6.45) is 4.57. The SMILES string of the molecule is O=C(NNc1cccc(Cl)c1)c1cccc2c3c([nH]c12)CCCC3. The molecule has 3 N–H and O–H groups in total. The zero-order valence-corrected chi connectivity index (χ0v) is 13.9. The highest BCUT2D eigenvalue weighted by atomic mass is 35.5. The number of anilines is 1. The fourth-order valence-corrected chi connectivity index (χ4v) is 3.57. The minimum absolute atomic E-state index is 0.167. The summed E-state index contributed by atoms with van der Waals surface area (Å²) in [5.41, 5.74) is 10.6. The second-order valence-corrected chi connectivity index (χ2v) is 6.54. The molecule has 0 fully saturated rings. The van der Waals surface area contributed by atoms with Crippen LogP contribution in [0.3, 0.4) is 0 Å². The number of aromatic nitrogens is 1. The summed E-state index contributed by atoms with van der Waals surface area (Å²) in [6.45, 7) is 0. The second kappa shape index (κ2) is 6.21. The number of para-hydroxylation sites is 1. The number of benzene rings is 2. The quantitative estimate of drug-likeness (QED) is 0.617. The largest absolute Gasteiger partial charge is 0.358 e. The van der Waals surface area contributed by atoms with Gasteiger partial charge >= 0.3 is 0 Å². The van der Waals surface area contributed by atoms with Crippen molar-refractivity contribution < 1.29 is 4.79 Å². The van der Waals surface area contributed by atoms with Gasteiger partial charge in [-0.1, -0.05) is 29.8 Å². The topological polar surface area (TPSA) is 56.9 Å². The molecule has 4 rings (SSSR count). The number of hydrazine groups is 1. The number of hydrogen-bond acceptors (Lipinski definition) is 2. The van der Waals surface area contributed by atoms with E-state index in [1.165, 1.54) is 29.5 Å². The number of aromatic amines is 1. The molecule has 0 spiro atoms. The van der Waals surface area contributed by atoms with Crippen LogP contribution in [0.5, 0.6) is 0 Å². The van der Waals surface area contributed by atoms with E-state index in [0.29, 0.717) is 10.6 Å². The van der Waals surface area contributed by atoms with Crippen molar-refractivity contribution in [1.82, 2.24) is 10.4 Å². The van der Waals surface area contributed by atoms with E-state index in [1.54, 1.807) is 12.1 Å². The lowest BCUT2D eigenvalue weighted by Crippen LogP contribution is -2.29. The van der Waals surface area contributed by atoms with Crippen molar-refractivity contribution in [2.75, 3.05) is 5.43 Å². The molecule has 1 amide bonds. The standard InChI is InChI=1S/C19H18ClN3O/c20-12-5-3-6-13(11-12)22-23-19(24)16-9-4-8-15-14-7-1-2-10-17(14)21-18(15)16/h3-6,8-9,11,21-22H,1-2,7,10H2,(H,23,24). The normalized spacial score (nSPS) is 13.5. The lowest BCUT2D eigenvalue weighted by molar-refractivity contribution is 0.0964. The number of rotatable bonds is 3. The predicted octanol–water partition coefficient (Wildman–Crippen LogP) is 4.46. The van der Waals surface area contributed by atoms with Crippen molar-refractivity contribution in [3.05, 3.63) is 64.3 Å². The molecule has 0 radical (unpaired) electrons. The summed E-state index contributed by atoms with van der Waals surface area (Å²) in [7, 11) is 0. The Hall–Kier alpha value is -2.46. The molecule has 24 heavy (non-hydrogen) atoms. The van der Waals surface area contributed by atoms with Crippen molar-refractivity contribution in [1.29, 1.82) is 0 Å². The highest BCUT2D eigenvalue weighted by molar-refractivity contribution is 6.30. The first kappa shape index (κ1) is 15.1. The Balaban J connectivity index is 1.61. The van der Waals surface area contributed by atoms with Crippen LogP contribution in [0.2, 0.25) is 5.02 Å². The van der Waals surface area contributed by atoms with Crippen molar-refractivity contribution in [2.45, 2.75) is 25.7 Å². The van der Waals surface area contributed by atoms with Crippen LogP contribution in [0.25, 0.3) is 10.9 Å². The highest BCUT2D eigenvalue weighted by Crippen LogP contribution is 2.30. The lowest BCUT2D eigenvalue weighted by atomic mass is 9.95. The number of aryl methyl sites for hydroxylation is 2. The van der Waals surface area contributed by atoms with Gasteiger partial charge in [0.05, 0.1) is 16.8 Å². The molecule has 2 aromatic carbocycles. The molecule has 3 aromatic rings. The highest BCUT2D eigenvalue weighted by Gasteiger charge is 2.19. The number of hydrogen-bond donors (Lipinski definition) is 3. The number of H-pyrrole nitrogens is 1. The Bertz CT molecular complexity index is 916. The molecular weight excluding hydrogens is 322 g/mol. The number of fused-ring (bicyclic) bond motifs is 3. The van der Waals surface area contributed by atoms with Gasteiger partial charge in [-0.3, -0.25) is 15.6 Å². The Morgan fingerprint density at radius 2 is 1.92 bits per heavy atom. The van der Waals surface area contributed by atoms with Gasteiger partial charge in [0, 0.05) is 16.1 Å². The first-order valence-corrected chi connectivity index (χ1v) is 8.54. The molecule has 0 bridgehead atoms. The van der Waals surface area contributed by atoms with E-state index in [9.17, 15) is 4.79 Å². The Morgan fingerprint density at radius 3 is 2.79 bits per heavy atom. The van der Waals surface area contributed by atoms with E-state index >= 15 is 0 Å². The molecule has 1 heterocycles. The van der Waals surface area contributed by atoms with Crippen LogP contribution in [-0.2, 0) is 12.8 Å². The van der Waals surface area contributed by atoms with Crippen LogP contribution in [0.1, 0.15) is 34.5 Å². The molecular formula is C19H18ClN3O. The predicted molar refractivity (Wildman–Crippen MR) is 97.5 cm³/mol. The summed E-state index contributed by atoms with van der Waals surface area (Å²) in [4.78, 5) is 16.1. The summed E-state index contributed by atoms with van der Waals surface area (Å²) in [6, 6.07) is 13.1. The molecule has 1 aliphatic carbocycles. The Kier molecular flexibility index (Phi) is 3.90. The van der Waals surface area contributed by atoms with Gasteiger partial charge in [-0.05, 0) is 55.5 Å². The van der Waals surface area contributed by atoms with Gasteiger partial charge in [0.2, 0.25) is 0 Å². The fraction of sp³-hybridized carbons (Fsp3) is 0.211. The van der Waals surface area contributed by atoms with Gasteiger partial charge < -0.3 is 4.98 Å². The Labute approximate surface area is 145 Å². The van der Waals surface area contributed by atoms with Gasteiger partial charge in [-0.15, -0.1) is 0 Å². The maximum absolute atomic E-state index is 12.6. The number of carbonyl (C=O) groups excluding carboxylic acids is 1. The van der Waals surface area contributed by atoms with Crippen LogP contribution >= 0.6 is 11.6 Å². The van der Waals surface area contributed by atoms with E-state index in [-0.39, 0.29) is 5.91 Å². The lowest BCUT2D eigenvalue weighted by Gasteiger charge is -2.10. The van der Waals surface area contributed by atoms with Crippen LogP contribution in [0.4, 0.5) is 5.69 Å². The van der Waals surface area contributed by atoms with Crippen molar-refractivity contribution in [2.24, 2.45) is 0 Å². The van der Waals surface area contributed by atoms with Gasteiger partial charge in [0.25, 0.3) is 5.91 Å². The minimum Gasteiger partial charge on any atom is -0.358 e. The van der Waals surface area contributed by atoms with Crippen molar-refractivity contribution in [3.63, 3.8) is 0 Å². The van der Waals surface area contributed by atoms with Gasteiger partial charge in [-0.2, -0.15) is 0 Å². The third-order valence-corrected chi connectivity index (χ3v) is 4.76. The van der Waals surface area contributed by atoms with E-state index in [2.05, 4.69) is 21.9 Å². The molecule has 0 saturated carbocycles. The average molecular weight is 340 g/mol. The van der Waals surface area contributed by atoms with Gasteiger partial charge in [0.1, 0.15) is 0 Å². The third kappa shape index (κ3) is 2.74. The summed E-state index contributed by atoms with van der Waals surface area (Å²) in [5, 5.41) is 1.79. The van der Waals surface area contributed by atoms with Crippen LogP contribution < -0.4 is 10.9 Å². The van der Waals surface area contributed by atoms with Crippen molar-refractivity contribution in [3.8, 4) is 0 Å². The number of halogens is 1. The van der Waals surface area contributed by atoms with E-state index < -0.39 is 0 Å². The maximum atomic E-state index is 12.6. The number of carbonyl (C=O) groups is 1. The smallest absolute Gasteiger partial charge is 0.271 e. The maximum Gasteiger partial charge on any atom is 0.271 e. The monoisotopic (exact) mass is 339 g/mol. The number of nitrogens with one attached hydrogen (secondary N) is 3.